The highest BCUT2D eigenvalue weighted by molar-refractivity contribution is 5.37. The average molecular weight is 397 g/mol. The van der Waals surface area contributed by atoms with E-state index < -0.39 is 0 Å². The number of ether oxygens (including phenoxy) is 1. The number of likely N-dealkylation sites (tertiary alicyclic amines) is 1. The largest absolute Gasteiger partial charge is 0.473 e. The van der Waals surface area contributed by atoms with Gasteiger partial charge in [-0.3, -0.25) is 9.88 Å². The first-order chi connectivity index (χ1) is 14.3. The van der Waals surface area contributed by atoms with Crippen molar-refractivity contribution in [3.05, 3.63) is 47.8 Å². The van der Waals surface area contributed by atoms with Crippen LogP contribution in [0.2, 0.25) is 0 Å². The molecule has 2 heterocycles. The second-order valence-electron chi connectivity index (χ2n) is 8.25. The van der Waals surface area contributed by atoms with Crippen molar-refractivity contribution in [2.45, 2.75) is 70.2 Å². The first kappa shape index (κ1) is 20.1. The van der Waals surface area contributed by atoms with Crippen molar-refractivity contribution in [3.63, 3.8) is 0 Å². The summed E-state index contributed by atoms with van der Waals surface area (Å²) >= 11 is 0. The fraction of sp³-hybridized carbons (Fsp3) is 0.565. The van der Waals surface area contributed by atoms with Crippen LogP contribution in [-0.2, 0) is 13.1 Å². The van der Waals surface area contributed by atoms with Crippen LogP contribution in [0.25, 0.3) is 0 Å². The summed E-state index contributed by atoms with van der Waals surface area (Å²) in [4.78, 5) is 11.3. The van der Waals surface area contributed by atoms with Crippen LogP contribution in [0.5, 0.6) is 5.88 Å². The average Bonchev–Trinajstić information content (AvgIpc) is 2.76. The number of aromatic nitrogens is 2. The zero-order valence-corrected chi connectivity index (χ0v) is 17.1. The number of benzene rings is 1. The van der Waals surface area contributed by atoms with E-state index >= 15 is 0 Å². The van der Waals surface area contributed by atoms with Crippen LogP contribution in [0.1, 0.15) is 56.1 Å². The molecular formula is C23H32N4O2. The summed E-state index contributed by atoms with van der Waals surface area (Å²) in [5.74, 6) is 1.36. The van der Waals surface area contributed by atoms with Gasteiger partial charge in [-0.25, -0.2) is 0 Å². The van der Waals surface area contributed by atoms with Crippen molar-refractivity contribution >= 4 is 5.82 Å². The number of hydrogen-bond acceptors (Lipinski definition) is 6. The Balaban J connectivity index is 1.34. The Bertz CT molecular complexity index is 771. The summed E-state index contributed by atoms with van der Waals surface area (Å²) in [5, 5.41) is 13.1. The van der Waals surface area contributed by atoms with Gasteiger partial charge in [0.1, 0.15) is 11.9 Å². The lowest BCUT2D eigenvalue weighted by molar-refractivity contribution is 0.0791. The minimum absolute atomic E-state index is 0.134. The first-order valence-corrected chi connectivity index (χ1v) is 11.0. The number of aliphatic hydroxyl groups excluding tert-OH is 1. The minimum Gasteiger partial charge on any atom is -0.473 e. The number of hydrogen-bond donors (Lipinski definition) is 2. The zero-order valence-electron chi connectivity index (χ0n) is 17.1. The highest BCUT2D eigenvalue weighted by Crippen LogP contribution is 2.23. The van der Waals surface area contributed by atoms with E-state index in [0.717, 1.165) is 51.1 Å². The fourth-order valence-corrected chi connectivity index (χ4v) is 4.23. The molecule has 0 atom stereocenters. The molecule has 0 spiro atoms. The van der Waals surface area contributed by atoms with Crippen molar-refractivity contribution in [1.29, 1.82) is 0 Å². The van der Waals surface area contributed by atoms with E-state index in [0.29, 0.717) is 12.4 Å². The Morgan fingerprint density at radius 1 is 1.00 bits per heavy atom. The van der Waals surface area contributed by atoms with Crippen LogP contribution in [0, 0.1) is 0 Å². The summed E-state index contributed by atoms with van der Waals surface area (Å²) in [7, 11) is 0. The highest BCUT2D eigenvalue weighted by Gasteiger charge is 2.18. The molecule has 1 aliphatic heterocycles. The van der Waals surface area contributed by atoms with Crippen molar-refractivity contribution in [2.24, 2.45) is 0 Å². The predicted octanol–water partition coefficient (Wildman–Crippen LogP) is 3.76. The van der Waals surface area contributed by atoms with Gasteiger partial charge >= 0.3 is 0 Å². The third kappa shape index (κ3) is 5.90. The third-order valence-electron chi connectivity index (χ3n) is 5.98. The molecule has 2 N–H and O–H groups in total. The van der Waals surface area contributed by atoms with E-state index in [1.807, 2.05) is 0 Å². The van der Waals surface area contributed by atoms with Gasteiger partial charge in [0.25, 0.3) is 0 Å². The lowest BCUT2D eigenvalue weighted by Gasteiger charge is -2.30. The van der Waals surface area contributed by atoms with E-state index in [9.17, 15) is 5.11 Å². The molecule has 0 bridgehead atoms. The lowest BCUT2D eigenvalue weighted by atomic mass is 9.98. The van der Waals surface area contributed by atoms with Gasteiger partial charge in [0.2, 0.25) is 5.88 Å². The molecule has 1 saturated carbocycles. The van der Waals surface area contributed by atoms with Gasteiger partial charge in [-0.15, -0.1) is 0 Å². The minimum atomic E-state index is -0.134. The Hall–Kier alpha value is -2.18. The topological polar surface area (TPSA) is 70.5 Å². The van der Waals surface area contributed by atoms with Crippen LogP contribution in [0.15, 0.2) is 36.7 Å². The molecule has 4 rings (SSSR count). The second kappa shape index (κ2) is 10.0. The maximum absolute atomic E-state index is 9.72. The standard InChI is InChI=1S/C23H32N4O2/c28-20-10-12-27(13-11-20)17-19-7-5-4-6-18(19)14-25-22-15-24-16-23(26-22)29-21-8-2-1-3-9-21/h4-7,15-16,20-21,28H,1-3,8-14,17H2,(H,25,26). The fourth-order valence-electron chi connectivity index (χ4n) is 4.23. The van der Waals surface area contributed by atoms with Gasteiger partial charge < -0.3 is 15.2 Å². The molecule has 29 heavy (non-hydrogen) atoms. The number of piperidine rings is 1. The Labute approximate surface area is 173 Å². The number of nitrogens with zero attached hydrogens (tertiary/aromatic N) is 3. The molecule has 1 aliphatic carbocycles. The van der Waals surface area contributed by atoms with Crippen LogP contribution in [0.4, 0.5) is 5.82 Å². The van der Waals surface area contributed by atoms with Crippen molar-refractivity contribution in [1.82, 2.24) is 14.9 Å². The lowest BCUT2D eigenvalue weighted by Crippen LogP contribution is -2.35. The van der Waals surface area contributed by atoms with Gasteiger partial charge in [-0.05, 0) is 49.7 Å². The molecule has 2 aliphatic rings. The smallest absolute Gasteiger partial charge is 0.234 e. The van der Waals surface area contributed by atoms with E-state index in [-0.39, 0.29) is 12.2 Å². The number of aliphatic hydroxyl groups is 1. The molecule has 6 heteroatoms. The predicted molar refractivity (Wildman–Crippen MR) is 114 cm³/mol. The third-order valence-corrected chi connectivity index (χ3v) is 5.98. The highest BCUT2D eigenvalue weighted by atomic mass is 16.5. The van der Waals surface area contributed by atoms with Crippen molar-refractivity contribution < 1.29 is 9.84 Å². The zero-order chi connectivity index (χ0) is 19.9. The van der Waals surface area contributed by atoms with Crippen LogP contribution in [0.3, 0.4) is 0 Å². The van der Waals surface area contributed by atoms with Crippen LogP contribution >= 0.6 is 0 Å². The monoisotopic (exact) mass is 396 g/mol. The number of anilines is 1. The van der Waals surface area contributed by atoms with E-state index in [1.165, 1.54) is 30.4 Å². The first-order valence-electron chi connectivity index (χ1n) is 11.0. The normalized spacial score (nSPS) is 19.2. The maximum atomic E-state index is 9.72. The van der Waals surface area contributed by atoms with E-state index in [2.05, 4.69) is 44.5 Å². The molecule has 6 nitrogen and oxygen atoms in total. The van der Waals surface area contributed by atoms with Gasteiger partial charge in [-0.2, -0.15) is 4.98 Å². The summed E-state index contributed by atoms with van der Waals surface area (Å²) in [6.07, 6.45) is 11.3. The molecular weight excluding hydrogens is 364 g/mol. The molecule has 2 fully saturated rings. The Morgan fingerprint density at radius 2 is 1.76 bits per heavy atom. The Kier molecular flexibility index (Phi) is 6.96. The molecule has 1 aromatic carbocycles. The number of rotatable bonds is 7. The van der Waals surface area contributed by atoms with Crippen LogP contribution in [-0.4, -0.2) is 45.3 Å². The van der Waals surface area contributed by atoms with Gasteiger partial charge in [0.05, 0.1) is 18.5 Å². The van der Waals surface area contributed by atoms with E-state index in [1.54, 1.807) is 12.4 Å². The van der Waals surface area contributed by atoms with Gasteiger partial charge in [-0.1, -0.05) is 30.7 Å². The van der Waals surface area contributed by atoms with Gasteiger partial charge in [0.15, 0.2) is 0 Å². The molecule has 0 radical (unpaired) electrons. The quantitative estimate of drug-likeness (QED) is 0.743. The molecule has 0 unspecified atom stereocenters. The van der Waals surface area contributed by atoms with Crippen LogP contribution < -0.4 is 10.1 Å². The van der Waals surface area contributed by atoms with Crippen molar-refractivity contribution in [3.8, 4) is 5.88 Å². The summed E-state index contributed by atoms with van der Waals surface area (Å²) in [5.41, 5.74) is 2.58. The molecule has 2 aromatic rings. The molecule has 1 aromatic heterocycles. The molecule has 1 saturated heterocycles. The SMILES string of the molecule is OC1CCN(Cc2ccccc2CNc2cncc(OC3CCCCC3)n2)CC1. The van der Waals surface area contributed by atoms with Gasteiger partial charge in [0, 0.05) is 26.2 Å². The summed E-state index contributed by atoms with van der Waals surface area (Å²) < 4.78 is 6.04. The maximum Gasteiger partial charge on any atom is 0.234 e. The van der Waals surface area contributed by atoms with Crippen molar-refractivity contribution in [2.75, 3.05) is 18.4 Å². The van der Waals surface area contributed by atoms with E-state index in [4.69, 9.17) is 4.74 Å². The molecule has 156 valence electrons. The molecule has 0 amide bonds. The summed E-state index contributed by atoms with van der Waals surface area (Å²) in [6, 6.07) is 8.53. The number of nitrogens with one attached hydrogen (secondary N) is 1. The second-order valence-corrected chi connectivity index (χ2v) is 8.25. The summed E-state index contributed by atoms with van der Waals surface area (Å²) in [6.45, 7) is 3.53. The Morgan fingerprint density at radius 3 is 2.55 bits per heavy atom.